The molecule has 0 aliphatic carbocycles. The second-order valence-corrected chi connectivity index (χ2v) is 6.12. The molecule has 0 spiro atoms. The lowest BCUT2D eigenvalue weighted by molar-refractivity contribution is -0.122. The molecule has 1 saturated heterocycles. The summed E-state index contributed by atoms with van der Waals surface area (Å²) in [4.78, 5) is 14.2. The molecule has 0 aromatic heterocycles. The van der Waals surface area contributed by atoms with Crippen molar-refractivity contribution in [2.45, 2.75) is 19.4 Å². The van der Waals surface area contributed by atoms with E-state index in [-0.39, 0.29) is 5.91 Å². The van der Waals surface area contributed by atoms with Gasteiger partial charge in [0.05, 0.1) is 16.6 Å². The molecule has 1 fully saturated rings. The van der Waals surface area contributed by atoms with Crippen LogP contribution in [-0.4, -0.2) is 49.6 Å². The van der Waals surface area contributed by atoms with Crippen molar-refractivity contribution in [1.82, 2.24) is 15.5 Å². The van der Waals surface area contributed by atoms with Crippen molar-refractivity contribution < 1.29 is 4.79 Å². The van der Waals surface area contributed by atoms with E-state index in [4.69, 9.17) is 23.2 Å². The monoisotopic (exact) mass is 329 g/mol. The lowest BCUT2D eigenvalue weighted by atomic mass is 10.1. The Labute approximate surface area is 135 Å². The molecular formula is C15H21Cl2N3O. The summed E-state index contributed by atoms with van der Waals surface area (Å²) in [6.45, 7) is 5.94. The molecule has 1 aliphatic heterocycles. The highest BCUT2D eigenvalue weighted by atomic mass is 35.5. The topological polar surface area (TPSA) is 44.4 Å². The molecule has 0 radical (unpaired) electrons. The number of nitrogens with zero attached hydrogens (tertiary/aromatic N) is 1. The fourth-order valence-electron chi connectivity index (χ4n) is 2.44. The van der Waals surface area contributed by atoms with Gasteiger partial charge in [-0.05, 0) is 25.0 Å². The molecule has 1 aromatic rings. The van der Waals surface area contributed by atoms with Crippen molar-refractivity contribution in [3.8, 4) is 0 Å². The number of rotatable bonds is 5. The first-order chi connectivity index (χ1) is 10.1. The SMILES string of the molecule is C[C@@H]1CNCCN1CC(=O)NCCc1cccc(Cl)c1Cl. The summed E-state index contributed by atoms with van der Waals surface area (Å²) < 4.78 is 0. The van der Waals surface area contributed by atoms with Gasteiger partial charge in [-0.2, -0.15) is 0 Å². The normalized spacial score (nSPS) is 19.5. The van der Waals surface area contributed by atoms with Crippen LogP contribution in [0.25, 0.3) is 0 Å². The zero-order valence-corrected chi connectivity index (χ0v) is 13.7. The van der Waals surface area contributed by atoms with Gasteiger partial charge in [0.25, 0.3) is 0 Å². The minimum atomic E-state index is 0.0573. The van der Waals surface area contributed by atoms with Crippen molar-refractivity contribution in [2.75, 3.05) is 32.7 Å². The van der Waals surface area contributed by atoms with E-state index < -0.39 is 0 Å². The minimum Gasteiger partial charge on any atom is -0.355 e. The van der Waals surface area contributed by atoms with E-state index in [9.17, 15) is 4.79 Å². The van der Waals surface area contributed by atoms with Crippen molar-refractivity contribution in [1.29, 1.82) is 0 Å². The average Bonchev–Trinajstić information content (AvgIpc) is 2.46. The number of carbonyl (C=O) groups is 1. The Bertz CT molecular complexity index is 496. The molecule has 1 atom stereocenters. The van der Waals surface area contributed by atoms with Gasteiger partial charge in [0.2, 0.25) is 5.91 Å². The van der Waals surface area contributed by atoms with E-state index >= 15 is 0 Å². The predicted octanol–water partition coefficient (Wildman–Crippen LogP) is 1.95. The standard InChI is InChI=1S/C15H21Cl2N3O/c1-11-9-18-7-8-20(11)10-14(21)19-6-5-12-3-2-4-13(16)15(12)17/h2-4,11,18H,5-10H2,1H3,(H,19,21)/t11-/m1/s1. The first kappa shape index (κ1) is 16.6. The number of halogens is 2. The van der Waals surface area contributed by atoms with Crippen molar-refractivity contribution >= 4 is 29.1 Å². The van der Waals surface area contributed by atoms with E-state index in [1.807, 2.05) is 12.1 Å². The summed E-state index contributed by atoms with van der Waals surface area (Å²) in [6.07, 6.45) is 0.683. The van der Waals surface area contributed by atoms with E-state index in [1.54, 1.807) is 6.07 Å². The number of amides is 1. The fourth-order valence-corrected chi connectivity index (χ4v) is 2.85. The molecule has 2 rings (SSSR count). The Morgan fingerprint density at radius 1 is 1.48 bits per heavy atom. The first-order valence-electron chi connectivity index (χ1n) is 7.22. The Kier molecular flexibility index (Phi) is 6.30. The quantitative estimate of drug-likeness (QED) is 0.867. The van der Waals surface area contributed by atoms with Crippen LogP contribution in [0.4, 0.5) is 0 Å². The van der Waals surface area contributed by atoms with Crippen molar-refractivity contribution in [3.05, 3.63) is 33.8 Å². The first-order valence-corrected chi connectivity index (χ1v) is 7.98. The Morgan fingerprint density at radius 2 is 2.29 bits per heavy atom. The molecule has 2 N–H and O–H groups in total. The van der Waals surface area contributed by atoms with Crippen LogP contribution in [0.2, 0.25) is 10.0 Å². The van der Waals surface area contributed by atoms with Crippen LogP contribution in [-0.2, 0) is 11.2 Å². The summed E-state index contributed by atoms with van der Waals surface area (Å²) >= 11 is 12.1. The zero-order chi connectivity index (χ0) is 15.2. The maximum Gasteiger partial charge on any atom is 0.234 e. The number of hydrogen-bond donors (Lipinski definition) is 2. The van der Waals surface area contributed by atoms with Crippen molar-refractivity contribution in [2.24, 2.45) is 0 Å². The minimum absolute atomic E-state index is 0.0573. The third kappa shape index (κ3) is 4.85. The molecule has 6 heteroatoms. The van der Waals surface area contributed by atoms with Crippen LogP contribution >= 0.6 is 23.2 Å². The summed E-state index contributed by atoms with van der Waals surface area (Å²) in [5.41, 5.74) is 0.958. The Hall–Kier alpha value is -0.810. The predicted molar refractivity (Wildman–Crippen MR) is 87.1 cm³/mol. The number of hydrogen-bond acceptors (Lipinski definition) is 3. The third-order valence-electron chi connectivity index (χ3n) is 3.73. The van der Waals surface area contributed by atoms with Crippen LogP contribution in [0.1, 0.15) is 12.5 Å². The Balaban J connectivity index is 1.75. The van der Waals surface area contributed by atoms with Gasteiger partial charge in [-0.1, -0.05) is 35.3 Å². The highest BCUT2D eigenvalue weighted by molar-refractivity contribution is 6.42. The lowest BCUT2D eigenvalue weighted by Crippen LogP contribution is -2.52. The van der Waals surface area contributed by atoms with E-state index in [0.29, 0.717) is 35.6 Å². The number of benzene rings is 1. The molecule has 0 unspecified atom stereocenters. The van der Waals surface area contributed by atoms with Crippen LogP contribution in [0.5, 0.6) is 0 Å². The van der Waals surface area contributed by atoms with Gasteiger partial charge >= 0.3 is 0 Å². The molecule has 116 valence electrons. The van der Waals surface area contributed by atoms with Crippen LogP contribution in [0, 0.1) is 0 Å². The van der Waals surface area contributed by atoms with E-state index in [0.717, 1.165) is 25.2 Å². The smallest absolute Gasteiger partial charge is 0.234 e. The van der Waals surface area contributed by atoms with E-state index in [1.165, 1.54) is 0 Å². The molecule has 1 aromatic carbocycles. The van der Waals surface area contributed by atoms with Crippen LogP contribution in [0.15, 0.2) is 18.2 Å². The van der Waals surface area contributed by atoms with Gasteiger partial charge in [-0.15, -0.1) is 0 Å². The molecule has 1 aliphatic rings. The molecule has 1 heterocycles. The third-order valence-corrected chi connectivity index (χ3v) is 4.59. The van der Waals surface area contributed by atoms with Gasteiger partial charge < -0.3 is 10.6 Å². The highest BCUT2D eigenvalue weighted by Crippen LogP contribution is 2.25. The molecule has 0 saturated carbocycles. The molecule has 1 amide bonds. The van der Waals surface area contributed by atoms with Gasteiger partial charge in [-0.25, -0.2) is 0 Å². The second kappa shape index (κ2) is 7.99. The summed E-state index contributed by atoms with van der Waals surface area (Å²) in [6, 6.07) is 5.96. The van der Waals surface area contributed by atoms with Crippen LogP contribution in [0.3, 0.4) is 0 Å². The fraction of sp³-hybridized carbons (Fsp3) is 0.533. The summed E-state index contributed by atoms with van der Waals surface area (Å²) in [7, 11) is 0. The van der Waals surface area contributed by atoms with Gasteiger partial charge in [0.15, 0.2) is 0 Å². The molecule has 0 bridgehead atoms. The van der Waals surface area contributed by atoms with Gasteiger partial charge in [0.1, 0.15) is 0 Å². The highest BCUT2D eigenvalue weighted by Gasteiger charge is 2.19. The number of piperazine rings is 1. The van der Waals surface area contributed by atoms with Crippen LogP contribution < -0.4 is 10.6 Å². The van der Waals surface area contributed by atoms with E-state index in [2.05, 4.69) is 22.5 Å². The maximum absolute atomic E-state index is 12.0. The summed E-state index contributed by atoms with van der Waals surface area (Å²) in [5.74, 6) is 0.0573. The average molecular weight is 330 g/mol. The maximum atomic E-state index is 12.0. The van der Waals surface area contributed by atoms with Crippen molar-refractivity contribution in [3.63, 3.8) is 0 Å². The van der Waals surface area contributed by atoms with Gasteiger partial charge in [0, 0.05) is 32.2 Å². The van der Waals surface area contributed by atoms with Gasteiger partial charge in [-0.3, -0.25) is 9.69 Å². The lowest BCUT2D eigenvalue weighted by Gasteiger charge is -2.33. The summed E-state index contributed by atoms with van der Waals surface area (Å²) in [5, 5.41) is 7.38. The number of carbonyl (C=O) groups excluding carboxylic acids is 1. The molecular weight excluding hydrogens is 309 g/mol. The zero-order valence-electron chi connectivity index (χ0n) is 12.2. The second-order valence-electron chi connectivity index (χ2n) is 5.34. The molecule has 4 nitrogen and oxygen atoms in total. The number of nitrogens with one attached hydrogen (secondary N) is 2. The largest absolute Gasteiger partial charge is 0.355 e. The Morgan fingerprint density at radius 3 is 3.05 bits per heavy atom. The molecule has 21 heavy (non-hydrogen) atoms.